The summed E-state index contributed by atoms with van der Waals surface area (Å²) >= 11 is 0. The lowest BCUT2D eigenvalue weighted by Gasteiger charge is -2.19. The van der Waals surface area contributed by atoms with Crippen molar-refractivity contribution in [1.29, 1.82) is 0 Å². The molecule has 7 nitrogen and oxygen atoms in total. The second-order valence-corrected chi connectivity index (χ2v) is 8.50. The van der Waals surface area contributed by atoms with Gasteiger partial charge in [0.05, 0.1) is 16.9 Å². The average molecular weight is 430 g/mol. The molecule has 0 spiro atoms. The van der Waals surface area contributed by atoms with Crippen LogP contribution < -0.4 is 9.64 Å². The number of ether oxygens (including phenoxy) is 1. The minimum absolute atomic E-state index is 0.0686. The zero-order valence-electron chi connectivity index (χ0n) is 15.2. The van der Waals surface area contributed by atoms with Crippen molar-refractivity contribution in [3.05, 3.63) is 58.1 Å². The Morgan fingerprint density at radius 3 is 2.38 bits per heavy atom. The predicted octanol–water partition coefficient (Wildman–Crippen LogP) is 3.89. The highest BCUT2D eigenvalue weighted by Gasteiger charge is 2.47. The number of nitro benzene ring substituents is 1. The highest BCUT2D eigenvalue weighted by Crippen LogP contribution is 2.39. The third-order valence-corrected chi connectivity index (χ3v) is 6.36. The van der Waals surface area contributed by atoms with E-state index in [0.717, 1.165) is 17.7 Å². The molecule has 0 N–H and O–H groups in total. The predicted molar refractivity (Wildman–Crippen MR) is 98.9 cm³/mol. The number of hydrogen-bond acceptors (Lipinski definition) is 6. The number of benzene rings is 2. The summed E-state index contributed by atoms with van der Waals surface area (Å²) in [5.74, 6) is 0.764. The van der Waals surface area contributed by atoms with Crippen LogP contribution in [0.1, 0.15) is 17.9 Å². The van der Waals surface area contributed by atoms with Crippen LogP contribution in [0.25, 0.3) is 0 Å². The van der Waals surface area contributed by atoms with Crippen molar-refractivity contribution in [3.8, 4) is 5.75 Å². The van der Waals surface area contributed by atoms with Gasteiger partial charge in [-0.25, -0.2) is 8.42 Å². The Balaban J connectivity index is 1.90. The lowest BCUT2D eigenvalue weighted by Crippen LogP contribution is -2.24. The van der Waals surface area contributed by atoms with Crippen LogP contribution in [0.2, 0.25) is 0 Å². The Kier molecular flexibility index (Phi) is 5.44. The SMILES string of the molecule is COc1ccc(C2CCN(c3ccc(S(=O)(=O)C(F)(F)F)cc3[N+](=O)[O-])C2)cc1. The first kappa shape index (κ1) is 20.9. The Labute approximate surface area is 164 Å². The molecule has 1 aliphatic heterocycles. The molecule has 3 rings (SSSR count). The molecule has 1 fully saturated rings. The molecule has 1 saturated heterocycles. The zero-order valence-corrected chi connectivity index (χ0v) is 16.0. The quantitative estimate of drug-likeness (QED) is 0.528. The lowest BCUT2D eigenvalue weighted by atomic mass is 9.98. The molecule has 2 aromatic rings. The molecule has 1 unspecified atom stereocenters. The molecule has 0 amide bonds. The summed E-state index contributed by atoms with van der Waals surface area (Å²) in [7, 11) is -4.12. The maximum absolute atomic E-state index is 12.8. The van der Waals surface area contributed by atoms with E-state index in [-0.39, 0.29) is 11.6 Å². The van der Waals surface area contributed by atoms with E-state index in [2.05, 4.69) is 0 Å². The summed E-state index contributed by atoms with van der Waals surface area (Å²) < 4.78 is 66.6. The van der Waals surface area contributed by atoms with Gasteiger partial charge in [0.2, 0.25) is 0 Å². The Morgan fingerprint density at radius 1 is 1.17 bits per heavy atom. The molecule has 156 valence electrons. The third-order valence-electron chi connectivity index (χ3n) is 4.87. The molecule has 29 heavy (non-hydrogen) atoms. The Morgan fingerprint density at radius 2 is 1.83 bits per heavy atom. The normalized spacial score (nSPS) is 17.4. The topological polar surface area (TPSA) is 89.8 Å². The van der Waals surface area contributed by atoms with Crippen molar-refractivity contribution in [2.75, 3.05) is 25.1 Å². The average Bonchev–Trinajstić information content (AvgIpc) is 3.16. The van der Waals surface area contributed by atoms with Crippen molar-refractivity contribution in [2.45, 2.75) is 22.7 Å². The first-order valence-corrected chi connectivity index (χ1v) is 10.0. The van der Waals surface area contributed by atoms with Crippen LogP contribution in [-0.4, -0.2) is 39.0 Å². The molecule has 0 aromatic heterocycles. The molecule has 0 bridgehead atoms. The summed E-state index contributed by atoms with van der Waals surface area (Å²) in [4.78, 5) is 11.1. The zero-order chi connectivity index (χ0) is 21.4. The second kappa shape index (κ2) is 7.54. The van der Waals surface area contributed by atoms with E-state index >= 15 is 0 Å². The number of anilines is 1. The summed E-state index contributed by atoms with van der Waals surface area (Å²) in [5, 5.41) is 11.4. The Hall–Kier alpha value is -2.82. The fourth-order valence-electron chi connectivity index (χ4n) is 3.34. The van der Waals surface area contributed by atoms with Gasteiger partial charge in [0.25, 0.3) is 15.5 Å². The lowest BCUT2D eigenvalue weighted by molar-refractivity contribution is -0.384. The molecule has 0 aliphatic carbocycles. The van der Waals surface area contributed by atoms with Crippen molar-refractivity contribution in [3.63, 3.8) is 0 Å². The summed E-state index contributed by atoms with van der Waals surface area (Å²) in [5.41, 5.74) is -5.11. The summed E-state index contributed by atoms with van der Waals surface area (Å²) in [6.45, 7) is 0.863. The van der Waals surface area contributed by atoms with Crippen LogP contribution in [0, 0.1) is 10.1 Å². The van der Waals surface area contributed by atoms with Gasteiger partial charge < -0.3 is 9.64 Å². The van der Waals surface area contributed by atoms with Gasteiger partial charge in [-0.3, -0.25) is 10.1 Å². The maximum atomic E-state index is 12.8. The summed E-state index contributed by atoms with van der Waals surface area (Å²) in [6.07, 6.45) is 0.687. The summed E-state index contributed by atoms with van der Waals surface area (Å²) in [6, 6.07) is 9.67. The first-order chi connectivity index (χ1) is 13.5. The van der Waals surface area contributed by atoms with E-state index in [9.17, 15) is 31.7 Å². The smallest absolute Gasteiger partial charge is 0.497 e. The molecule has 11 heteroatoms. The minimum Gasteiger partial charge on any atom is -0.497 e. The van der Waals surface area contributed by atoms with Crippen LogP contribution >= 0.6 is 0 Å². The molecule has 1 aliphatic rings. The van der Waals surface area contributed by atoms with Gasteiger partial charge in [-0.2, -0.15) is 13.2 Å². The number of nitro groups is 1. The van der Waals surface area contributed by atoms with Crippen LogP contribution in [0.4, 0.5) is 24.5 Å². The fourth-order valence-corrected chi connectivity index (χ4v) is 4.13. The third kappa shape index (κ3) is 4.00. The van der Waals surface area contributed by atoms with Gasteiger partial charge in [-0.05, 0) is 36.2 Å². The van der Waals surface area contributed by atoms with Crippen LogP contribution in [0.15, 0.2) is 47.4 Å². The van der Waals surface area contributed by atoms with Crippen molar-refractivity contribution in [1.82, 2.24) is 0 Å². The van der Waals surface area contributed by atoms with E-state index in [1.807, 2.05) is 12.1 Å². The maximum Gasteiger partial charge on any atom is 0.501 e. The van der Waals surface area contributed by atoms with E-state index in [1.54, 1.807) is 24.1 Å². The van der Waals surface area contributed by atoms with E-state index in [0.29, 0.717) is 31.3 Å². The van der Waals surface area contributed by atoms with Crippen LogP contribution in [-0.2, 0) is 9.84 Å². The number of halogens is 3. The monoisotopic (exact) mass is 430 g/mol. The van der Waals surface area contributed by atoms with Crippen molar-refractivity contribution in [2.24, 2.45) is 0 Å². The van der Waals surface area contributed by atoms with Gasteiger partial charge in [-0.15, -0.1) is 0 Å². The minimum atomic E-state index is -5.67. The van der Waals surface area contributed by atoms with Crippen molar-refractivity contribution >= 4 is 21.2 Å². The number of nitrogens with zero attached hydrogens (tertiary/aromatic N) is 2. The number of methoxy groups -OCH3 is 1. The van der Waals surface area contributed by atoms with Gasteiger partial charge in [0, 0.05) is 25.1 Å². The van der Waals surface area contributed by atoms with Gasteiger partial charge in [0.1, 0.15) is 11.4 Å². The van der Waals surface area contributed by atoms with Crippen LogP contribution in [0.3, 0.4) is 0 Å². The standard InChI is InChI=1S/C18H17F3N2O5S/c1-28-14-4-2-12(3-5-14)13-8-9-22(11-13)16-7-6-15(10-17(16)23(24)25)29(26,27)18(19,20)21/h2-7,10,13H,8-9,11H2,1H3. The molecule has 2 aromatic carbocycles. The highest BCUT2D eigenvalue weighted by atomic mass is 32.2. The highest BCUT2D eigenvalue weighted by molar-refractivity contribution is 7.92. The molecular weight excluding hydrogens is 413 g/mol. The number of rotatable bonds is 5. The first-order valence-electron chi connectivity index (χ1n) is 8.53. The number of alkyl halides is 3. The van der Waals surface area contributed by atoms with Gasteiger partial charge >= 0.3 is 5.51 Å². The fraction of sp³-hybridized carbons (Fsp3) is 0.333. The molecule has 1 atom stereocenters. The van der Waals surface area contributed by atoms with E-state index in [1.165, 1.54) is 0 Å². The molecule has 0 radical (unpaired) electrons. The Bertz CT molecular complexity index is 1020. The van der Waals surface area contributed by atoms with Gasteiger partial charge in [0.15, 0.2) is 0 Å². The van der Waals surface area contributed by atoms with E-state index in [4.69, 9.17) is 4.74 Å². The molecular formula is C18H17F3N2O5S. The largest absolute Gasteiger partial charge is 0.501 e. The van der Waals surface area contributed by atoms with Crippen molar-refractivity contribution < 1.29 is 31.2 Å². The van der Waals surface area contributed by atoms with Crippen LogP contribution in [0.5, 0.6) is 5.75 Å². The molecule has 0 saturated carbocycles. The van der Waals surface area contributed by atoms with E-state index < -0.39 is 30.9 Å². The molecule has 1 heterocycles. The van der Waals surface area contributed by atoms with Gasteiger partial charge in [-0.1, -0.05) is 12.1 Å². The number of sulfone groups is 1. The number of hydrogen-bond donors (Lipinski definition) is 0. The second-order valence-electron chi connectivity index (χ2n) is 6.56.